The van der Waals surface area contributed by atoms with E-state index in [1.54, 1.807) is 0 Å². The van der Waals surface area contributed by atoms with Gasteiger partial charge in [0, 0.05) is 26.2 Å². The van der Waals surface area contributed by atoms with E-state index in [0.29, 0.717) is 0 Å². The molecule has 1 aliphatic heterocycles. The number of benzene rings is 1. The summed E-state index contributed by atoms with van der Waals surface area (Å²) in [5.41, 5.74) is 2.32. The topological polar surface area (TPSA) is 15.3 Å². The Hall–Kier alpha value is -0.350. The van der Waals surface area contributed by atoms with E-state index in [1.165, 1.54) is 5.56 Å². The maximum atomic E-state index is 13.2. The fourth-order valence-electron chi connectivity index (χ4n) is 2.18. The van der Waals surface area contributed by atoms with Gasteiger partial charge in [0.1, 0.15) is 6.67 Å². The zero-order valence-corrected chi connectivity index (χ0v) is 12.2. The van der Waals surface area contributed by atoms with Gasteiger partial charge in [-0.05, 0) is 12.5 Å². The van der Waals surface area contributed by atoms with E-state index in [-0.39, 0.29) is 37.5 Å². The number of nitrogens with one attached hydrogen (secondary N) is 1. The van der Waals surface area contributed by atoms with Gasteiger partial charge in [0.25, 0.3) is 0 Å². The second kappa shape index (κ2) is 8.70. The van der Waals surface area contributed by atoms with Crippen LogP contribution in [0.25, 0.3) is 0 Å². The zero-order valence-electron chi connectivity index (χ0n) is 10.6. The van der Waals surface area contributed by atoms with Crippen LogP contribution in [0.3, 0.4) is 0 Å². The first-order valence-electron chi connectivity index (χ1n) is 5.88. The van der Waals surface area contributed by atoms with E-state index < -0.39 is 0 Å². The van der Waals surface area contributed by atoms with Crippen molar-refractivity contribution in [1.29, 1.82) is 0 Å². The summed E-state index contributed by atoms with van der Waals surface area (Å²) < 4.78 is 13.2. The van der Waals surface area contributed by atoms with Crippen LogP contribution in [0.4, 0.5) is 4.39 Å². The number of rotatable bonds is 3. The van der Waals surface area contributed by atoms with Crippen LogP contribution in [0.2, 0.25) is 0 Å². The van der Waals surface area contributed by atoms with Gasteiger partial charge in [-0.2, -0.15) is 0 Å². The highest BCUT2D eigenvalue weighted by Gasteiger charge is 2.21. The van der Waals surface area contributed by atoms with Crippen LogP contribution in [0.15, 0.2) is 24.3 Å². The third-order valence-corrected chi connectivity index (χ3v) is 3.20. The molecule has 1 atom stereocenters. The Kier molecular flexibility index (Phi) is 8.53. The summed E-state index contributed by atoms with van der Waals surface area (Å²) in [6, 6.07) is 8.13. The number of piperazine rings is 1. The lowest BCUT2D eigenvalue weighted by molar-refractivity contribution is 0.147. The van der Waals surface area contributed by atoms with Crippen molar-refractivity contribution in [3.8, 4) is 0 Å². The van der Waals surface area contributed by atoms with E-state index in [4.69, 9.17) is 0 Å². The number of hydrogen-bond acceptors (Lipinski definition) is 2. The molecular weight excluding hydrogens is 274 g/mol. The minimum Gasteiger partial charge on any atom is -0.314 e. The average Bonchev–Trinajstić information content (AvgIpc) is 2.34. The minimum atomic E-state index is -0.303. The van der Waals surface area contributed by atoms with Crippen molar-refractivity contribution in [3.63, 3.8) is 0 Å². The Balaban J connectivity index is 0.00000144. The predicted octanol–water partition coefficient (Wildman–Crippen LogP) is 2.75. The van der Waals surface area contributed by atoms with Crippen molar-refractivity contribution in [2.45, 2.75) is 13.0 Å². The molecule has 1 aromatic rings. The van der Waals surface area contributed by atoms with Gasteiger partial charge in [-0.1, -0.05) is 29.8 Å². The molecule has 0 aromatic heterocycles. The molecular formula is C13H21Cl2FN2. The summed E-state index contributed by atoms with van der Waals surface area (Å²) in [6.45, 7) is 5.54. The predicted molar refractivity (Wildman–Crippen MR) is 78.8 cm³/mol. The van der Waals surface area contributed by atoms with Gasteiger partial charge in [0.05, 0.1) is 6.04 Å². The Labute approximate surface area is 121 Å². The standard InChI is InChI=1S/C13H19FN2.2ClH/c1-11-2-4-12(5-3-11)13(10-14)16-8-6-15-7-9-16;;/h2-5,13,15H,6-10H2,1H3;2*1H/t13-;;/m1../s1. The second-order valence-corrected chi connectivity index (χ2v) is 4.37. The molecule has 1 aromatic carbocycles. The summed E-state index contributed by atoms with van der Waals surface area (Å²) in [5.74, 6) is 0. The lowest BCUT2D eigenvalue weighted by Crippen LogP contribution is -2.45. The fraction of sp³-hybridized carbons (Fsp3) is 0.538. The number of aryl methyl sites for hydroxylation is 1. The van der Waals surface area contributed by atoms with Gasteiger partial charge in [-0.15, -0.1) is 24.8 Å². The maximum absolute atomic E-state index is 13.2. The highest BCUT2D eigenvalue weighted by molar-refractivity contribution is 5.85. The molecule has 5 heteroatoms. The van der Waals surface area contributed by atoms with Crippen molar-refractivity contribution in [3.05, 3.63) is 35.4 Å². The van der Waals surface area contributed by atoms with Gasteiger partial charge in [0.2, 0.25) is 0 Å². The van der Waals surface area contributed by atoms with E-state index in [2.05, 4.69) is 29.3 Å². The number of hydrogen-bond donors (Lipinski definition) is 1. The highest BCUT2D eigenvalue weighted by Crippen LogP contribution is 2.21. The Morgan fingerprint density at radius 3 is 2.22 bits per heavy atom. The van der Waals surface area contributed by atoms with Crippen LogP contribution in [0.5, 0.6) is 0 Å². The number of alkyl halides is 1. The zero-order chi connectivity index (χ0) is 11.4. The second-order valence-electron chi connectivity index (χ2n) is 4.37. The van der Waals surface area contributed by atoms with E-state index in [1.807, 2.05) is 12.1 Å². The molecule has 2 nitrogen and oxygen atoms in total. The molecule has 1 saturated heterocycles. The van der Waals surface area contributed by atoms with E-state index in [0.717, 1.165) is 31.7 Å². The quantitative estimate of drug-likeness (QED) is 0.922. The molecule has 1 aliphatic rings. The van der Waals surface area contributed by atoms with E-state index in [9.17, 15) is 4.39 Å². The van der Waals surface area contributed by atoms with Crippen molar-refractivity contribution in [1.82, 2.24) is 10.2 Å². The molecule has 0 amide bonds. The molecule has 0 radical (unpaired) electrons. The summed E-state index contributed by atoms with van der Waals surface area (Å²) in [4.78, 5) is 2.22. The fourth-order valence-corrected chi connectivity index (χ4v) is 2.18. The molecule has 0 spiro atoms. The summed E-state index contributed by atoms with van der Waals surface area (Å²) in [6.07, 6.45) is 0. The minimum absolute atomic E-state index is 0. The summed E-state index contributed by atoms with van der Waals surface area (Å²) in [7, 11) is 0. The van der Waals surface area contributed by atoms with Crippen molar-refractivity contribution in [2.75, 3.05) is 32.9 Å². The molecule has 0 aliphatic carbocycles. The monoisotopic (exact) mass is 294 g/mol. The average molecular weight is 295 g/mol. The van der Waals surface area contributed by atoms with Gasteiger partial charge in [-0.3, -0.25) is 4.90 Å². The molecule has 2 rings (SSSR count). The molecule has 18 heavy (non-hydrogen) atoms. The number of nitrogens with zero attached hydrogens (tertiary/aromatic N) is 1. The maximum Gasteiger partial charge on any atom is 0.109 e. The van der Waals surface area contributed by atoms with Gasteiger partial charge >= 0.3 is 0 Å². The first-order chi connectivity index (χ1) is 7.81. The van der Waals surface area contributed by atoms with Crippen LogP contribution >= 0.6 is 24.8 Å². The molecule has 0 saturated carbocycles. The van der Waals surface area contributed by atoms with Crippen LogP contribution < -0.4 is 5.32 Å². The first kappa shape index (κ1) is 17.6. The number of halogens is 3. The van der Waals surface area contributed by atoms with E-state index >= 15 is 0 Å². The van der Waals surface area contributed by atoms with Crippen LogP contribution in [0.1, 0.15) is 17.2 Å². The SMILES string of the molecule is Cc1ccc([C@@H](CF)N2CCNCC2)cc1.Cl.Cl. The Morgan fingerprint density at radius 1 is 1.17 bits per heavy atom. The van der Waals surface area contributed by atoms with Gasteiger partial charge in [-0.25, -0.2) is 4.39 Å². The lowest BCUT2D eigenvalue weighted by Gasteiger charge is -2.33. The Bertz CT molecular complexity index is 326. The summed E-state index contributed by atoms with van der Waals surface area (Å²) in [5, 5.41) is 3.29. The normalized spacial score (nSPS) is 17.4. The Morgan fingerprint density at radius 2 is 1.72 bits per heavy atom. The van der Waals surface area contributed by atoms with Crippen molar-refractivity contribution < 1.29 is 4.39 Å². The molecule has 0 unspecified atom stereocenters. The molecule has 1 fully saturated rings. The highest BCUT2D eigenvalue weighted by atomic mass is 35.5. The van der Waals surface area contributed by atoms with Gasteiger partial charge in [0.15, 0.2) is 0 Å². The summed E-state index contributed by atoms with van der Waals surface area (Å²) >= 11 is 0. The molecule has 1 heterocycles. The van der Waals surface area contributed by atoms with Gasteiger partial charge < -0.3 is 5.32 Å². The molecule has 104 valence electrons. The van der Waals surface area contributed by atoms with Crippen LogP contribution in [0, 0.1) is 6.92 Å². The van der Waals surface area contributed by atoms with Crippen LogP contribution in [-0.4, -0.2) is 37.8 Å². The smallest absolute Gasteiger partial charge is 0.109 e. The first-order valence-corrected chi connectivity index (χ1v) is 5.88. The molecule has 1 N–H and O–H groups in total. The van der Waals surface area contributed by atoms with Crippen molar-refractivity contribution >= 4 is 24.8 Å². The van der Waals surface area contributed by atoms with Crippen molar-refractivity contribution in [2.24, 2.45) is 0 Å². The lowest BCUT2D eigenvalue weighted by atomic mass is 10.0. The van der Waals surface area contributed by atoms with Crippen LogP contribution in [-0.2, 0) is 0 Å². The largest absolute Gasteiger partial charge is 0.314 e. The third kappa shape index (κ3) is 4.39. The molecule has 0 bridgehead atoms. The third-order valence-electron chi connectivity index (χ3n) is 3.20.